The molecule has 142 valence electrons. The van der Waals surface area contributed by atoms with Gasteiger partial charge in [0.05, 0.1) is 11.4 Å². The van der Waals surface area contributed by atoms with Crippen LogP contribution in [0.3, 0.4) is 0 Å². The molecule has 29 heavy (non-hydrogen) atoms. The zero-order valence-corrected chi connectivity index (χ0v) is 16.1. The van der Waals surface area contributed by atoms with Gasteiger partial charge in [0.1, 0.15) is 5.65 Å². The van der Waals surface area contributed by atoms with Crippen LogP contribution in [0.1, 0.15) is 10.6 Å². The molecule has 4 heterocycles. The van der Waals surface area contributed by atoms with Gasteiger partial charge in [0.25, 0.3) is 0 Å². The van der Waals surface area contributed by atoms with Gasteiger partial charge in [-0.3, -0.25) is 4.79 Å². The molecule has 0 aliphatic heterocycles. The second kappa shape index (κ2) is 7.33. The van der Waals surface area contributed by atoms with Gasteiger partial charge < -0.3 is 10.3 Å². The van der Waals surface area contributed by atoms with E-state index in [0.717, 1.165) is 22.5 Å². The van der Waals surface area contributed by atoms with Crippen molar-refractivity contribution in [2.24, 2.45) is 0 Å². The van der Waals surface area contributed by atoms with Crippen molar-refractivity contribution in [2.45, 2.75) is 6.42 Å². The van der Waals surface area contributed by atoms with Gasteiger partial charge in [-0.15, -0.1) is 11.3 Å². The van der Waals surface area contributed by atoms with Crippen LogP contribution in [-0.4, -0.2) is 24.7 Å². The van der Waals surface area contributed by atoms with Crippen molar-refractivity contribution < 1.29 is 0 Å². The summed E-state index contributed by atoms with van der Waals surface area (Å²) >= 11 is 1.68. The average Bonchev–Trinajstić information content (AvgIpc) is 3.42. The third kappa shape index (κ3) is 3.65. The van der Waals surface area contributed by atoms with Crippen molar-refractivity contribution in [1.82, 2.24) is 24.7 Å². The van der Waals surface area contributed by atoms with Crippen LogP contribution >= 0.6 is 11.3 Å². The number of anilines is 2. The lowest BCUT2D eigenvalue weighted by molar-refractivity contribution is 0.881. The highest BCUT2D eigenvalue weighted by atomic mass is 32.1. The maximum absolute atomic E-state index is 11.8. The lowest BCUT2D eigenvalue weighted by atomic mass is 10.2. The van der Waals surface area contributed by atoms with Crippen LogP contribution < -0.4 is 10.9 Å². The summed E-state index contributed by atoms with van der Waals surface area (Å²) in [6, 6.07) is 17.1. The minimum atomic E-state index is -0.187. The maximum Gasteiger partial charge on any atom is 0.249 e. The number of benzene rings is 1. The first-order valence-electron chi connectivity index (χ1n) is 9.04. The molecule has 8 heteroatoms. The highest BCUT2D eigenvalue weighted by Crippen LogP contribution is 2.22. The smallest absolute Gasteiger partial charge is 0.249 e. The van der Waals surface area contributed by atoms with Crippen molar-refractivity contribution in [3.8, 4) is 5.69 Å². The fraction of sp³-hybridized carbons (Fsp3) is 0.0476. The molecule has 0 aliphatic rings. The van der Waals surface area contributed by atoms with Crippen LogP contribution in [-0.2, 0) is 6.42 Å². The van der Waals surface area contributed by atoms with Crippen molar-refractivity contribution >= 4 is 34.0 Å². The fourth-order valence-electron chi connectivity index (χ4n) is 3.12. The summed E-state index contributed by atoms with van der Waals surface area (Å²) in [4.78, 5) is 25.0. The van der Waals surface area contributed by atoms with Gasteiger partial charge in [0.2, 0.25) is 11.5 Å². The van der Waals surface area contributed by atoms with Gasteiger partial charge >= 0.3 is 0 Å². The van der Waals surface area contributed by atoms with Gasteiger partial charge in [0, 0.05) is 40.8 Å². The molecule has 0 aliphatic carbocycles. The van der Waals surface area contributed by atoms with E-state index in [-0.39, 0.29) is 5.56 Å². The molecule has 0 saturated heterocycles. The summed E-state index contributed by atoms with van der Waals surface area (Å²) in [6.45, 7) is 0. The summed E-state index contributed by atoms with van der Waals surface area (Å²) in [6.07, 6.45) is 4.31. The molecule has 0 saturated carbocycles. The highest BCUT2D eigenvalue weighted by Gasteiger charge is 2.10. The Balaban J connectivity index is 1.50. The zero-order valence-electron chi connectivity index (χ0n) is 15.2. The number of aromatic amines is 1. The van der Waals surface area contributed by atoms with E-state index < -0.39 is 0 Å². The molecule has 5 rings (SSSR count). The molecule has 0 amide bonds. The standard InChI is InChI=1S/C21H16N6OS/c28-19-9-8-17-18(13-16-3-1-12-29-16)24-21(26-20(17)25-19)23-14-4-6-15(7-5-14)27-11-2-10-22-27/h1-12H,13H2,(H2,23,24,25,26,28). The monoisotopic (exact) mass is 400 g/mol. The van der Waals surface area contributed by atoms with E-state index in [4.69, 9.17) is 4.98 Å². The molecule has 0 atom stereocenters. The Morgan fingerprint density at radius 1 is 1.03 bits per heavy atom. The van der Waals surface area contributed by atoms with Gasteiger partial charge in [0.15, 0.2) is 0 Å². The first kappa shape index (κ1) is 17.3. The third-order valence-electron chi connectivity index (χ3n) is 4.48. The first-order valence-corrected chi connectivity index (χ1v) is 9.92. The predicted octanol–water partition coefficient (Wildman–Crippen LogP) is 3.90. The summed E-state index contributed by atoms with van der Waals surface area (Å²) < 4.78 is 1.79. The molecule has 0 spiro atoms. The van der Waals surface area contributed by atoms with Gasteiger partial charge in [-0.05, 0) is 47.8 Å². The Bertz CT molecular complexity index is 1310. The molecular weight excluding hydrogens is 384 g/mol. The number of fused-ring (bicyclic) bond motifs is 1. The van der Waals surface area contributed by atoms with Gasteiger partial charge in [-0.1, -0.05) is 6.07 Å². The van der Waals surface area contributed by atoms with Crippen molar-refractivity contribution in [1.29, 1.82) is 0 Å². The Labute approximate surface area is 169 Å². The number of nitrogens with one attached hydrogen (secondary N) is 2. The molecule has 4 aromatic heterocycles. The molecule has 1 aromatic carbocycles. The van der Waals surface area contributed by atoms with Crippen LogP contribution in [0.25, 0.3) is 16.7 Å². The van der Waals surface area contributed by atoms with E-state index >= 15 is 0 Å². The number of nitrogens with zero attached hydrogens (tertiary/aromatic N) is 4. The quantitative estimate of drug-likeness (QED) is 0.467. The van der Waals surface area contributed by atoms with Crippen molar-refractivity contribution in [2.75, 3.05) is 5.32 Å². The Hall–Kier alpha value is -3.78. The number of pyridine rings is 1. The van der Waals surface area contributed by atoms with E-state index in [1.165, 1.54) is 10.9 Å². The number of aromatic nitrogens is 5. The van der Waals surface area contributed by atoms with E-state index in [2.05, 4.69) is 26.4 Å². The summed E-state index contributed by atoms with van der Waals surface area (Å²) in [5.74, 6) is 0.442. The molecule has 5 aromatic rings. The van der Waals surface area contributed by atoms with Crippen LogP contribution in [0.4, 0.5) is 11.6 Å². The molecule has 0 unspecified atom stereocenters. The second-order valence-electron chi connectivity index (χ2n) is 6.46. The molecule has 0 radical (unpaired) electrons. The molecule has 7 nitrogen and oxygen atoms in total. The lowest BCUT2D eigenvalue weighted by Gasteiger charge is -2.10. The van der Waals surface area contributed by atoms with Crippen molar-refractivity contribution in [3.63, 3.8) is 0 Å². The van der Waals surface area contributed by atoms with Gasteiger partial charge in [-0.25, -0.2) is 9.67 Å². The topological polar surface area (TPSA) is 88.5 Å². The highest BCUT2D eigenvalue weighted by molar-refractivity contribution is 7.09. The number of hydrogen-bond donors (Lipinski definition) is 2. The fourth-order valence-corrected chi connectivity index (χ4v) is 3.83. The lowest BCUT2D eigenvalue weighted by Crippen LogP contribution is -2.08. The SMILES string of the molecule is O=c1ccc2c(Cc3cccs3)nc(Nc3ccc(-n4cccn4)cc3)nc2[nH]1. The predicted molar refractivity (Wildman–Crippen MR) is 114 cm³/mol. The minimum absolute atomic E-state index is 0.187. The number of thiophene rings is 1. The first-order chi connectivity index (χ1) is 14.2. The molecule has 0 fully saturated rings. The van der Waals surface area contributed by atoms with Gasteiger partial charge in [-0.2, -0.15) is 10.1 Å². The Kier molecular flexibility index (Phi) is 4.38. The van der Waals surface area contributed by atoms with Crippen molar-refractivity contribution in [3.05, 3.63) is 93.3 Å². The Morgan fingerprint density at radius 2 is 1.93 bits per heavy atom. The normalized spacial score (nSPS) is 11.0. The average molecular weight is 400 g/mol. The minimum Gasteiger partial charge on any atom is -0.324 e. The Morgan fingerprint density at radius 3 is 2.69 bits per heavy atom. The molecule has 0 bridgehead atoms. The zero-order chi connectivity index (χ0) is 19.6. The largest absolute Gasteiger partial charge is 0.324 e. The summed E-state index contributed by atoms with van der Waals surface area (Å²) in [7, 11) is 0. The van der Waals surface area contributed by atoms with E-state index in [0.29, 0.717) is 18.0 Å². The second-order valence-corrected chi connectivity index (χ2v) is 7.49. The van der Waals surface area contributed by atoms with Crippen LogP contribution in [0.2, 0.25) is 0 Å². The molecule has 2 N–H and O–H groups in total. The van der Waals surface area contributed by atoms with Crippen LogP contribution in [0.15, 0.2) is 77.2 Å². The summed E-state index contributed by atoms with van der Waals surface area (Å²) in [5, 5.41) is 10.4. The number of H-pyrrole nitrogens is 1. The summed E-state index contributed by atoms with van der Waals surface area (Å²) in [5.41, 5.74) is 3.01. The van der Waals surface area contributed by atoms with E-state index in [1.54, 1.807) is 28.3 Å². The third-order valence-corrected chi connectivity index (χ3v) is 5.36. The van der Waals surface area contributed by atoms with E-state index in [9.17, 15) is 4.79 Å². The molecular formula is C21H16N6OS. The number of hydrogen-bond acceptors (Lipinski definition) is 6. The van der Waals surface area contributed by atoms with Crippen LogP contribution in [0, 0.1) is 0 Å². The van der Waals surface area contributed by atoms with E-state index in [1.807, 2.05) is 48.0 Å². The maximum atomic E-state index is 11.8. The van der Waals surface area contributed by atoms with Crippen LogP contribution in [0.5, 0.6) is 0 Å². The number of rotatable bonds is 5.